The minimum atomic E-state index is -0.381. The molecule has 9 heteroatoms. The molecular weight excluding hydrogens is 376 g/mol. The molecular formula is C20H18N4O5. The standard InChI is InChI=1S/C20H18N4O5/c1-26-15-6-3-12(9-17(15)27-2)21-19-8-5-14(23-24-19)20(25)22-13-4-7-16-18(10-13)29-11-28-16/h3-10H,11H2,1-2H3,(H,21,24)(H,22,25). The fourth-order valence-corrected chi connectivity index (χ4v) is 2.75. The van der Waals surface area contributed by atoms with Gasteiger partial charge in [-0.3, -0.25) is 4.79 Å². The van der Waals surface area contributed by atoms with Gasteiger partial charge in [0.05, 0.1) is 14.2 Å². The first kappa shape index (κ1) is 18.4. The summed E-state index contributed by atoms with van der Waals surface area (Å²) in [7, 11) is 3.14. The number of rotatable bonds is 6. The Kier molecular flexibility index (Phi) is 5.02. The van der Waals surface area contributed by atoms with Crippen molar-refractivity contribution in [2.45, 2.75) is 0 Å². The van der Waals surface area contributed by atoms with Crippen LogP contribution in [0.5, 0.6) is 23.0 Å². The normalized spacial score (nSPS) is 11.7. The topological polar surface area (TPSA) is 104 Å². The Morgan fingerprint density at radius 1 is 0.897 bits per heavy atom. The molecule has 1 aromatic heterocycles. The molecule has 0 unspecified atom stereocenters. The third-order valence-electron chi connectivity index (χ3n) is 4.18. The van der Waals surface area contributed by atoms with Gasteiger partial charge in [-0.05, 0) is 36.4 Å². The molecule has 2 aromatic carbocycles. The number of carbonyl (C=O) groups excluding carboxylic acids is 1. The molecule has 148 valence electrons. The average Bonchev–Trinajstić information content (AvgIpc) is 3.22. The number of carbonyl (C=O) groups is 1. The van der Waals surface area contributed by atoms with Crippen LogP contribution in [-0.4, -0.2) is 37.1 Å². The number of ether oxygens (including phenoxy) is 4. The predicted molar refractivity (Wildman–Crippen MR) is 105 cm³/mol. The Bertz CT molecular complexity index is 1040. The van der Waals surface area contributed by atoms with Gasteiger partial charge >= 0.3 is 0 Å². The summed E-state index contributed by atoms with van der Waals surface area (Å²) in [5.74, 6) is 2.55. The van der Waals surface area contributed by atoms with Crippen LogP contribution >= 0.6 is 0 Å². The van der Waals surface area contributed by atoms with Gasteiger partial charge in [0.15, 0.2) is 34.5 Å². The van der Waals surface area contributed by atoms with Crippen molar-refractivity contribution in [1.29, 1.82) is 0 Å². The van der Waals surface area contributed by atoms with Crippen molar-refractivity contribution in [1.82, 2.24) is 10.2 Å². The van der Waals surface area contributed by atoms with E-state index in [1.54, 1.807) is 56.7 Å². The molecule has 2 heterocycles. The van der Waals surface area contributed by atoms with Crippen LogP contribution in [0.4, 0.5) is 17.2 Å². The zero-order valence-corrected chi connectivity index (χ0v) is 15.8. The van der Waals surface area contributed by atoms with E-state index in [1.807, 2.05) is 6.07 Å². The second-order valence-electron chi connectivity index (χ2n) is 6.02. The minimum absolute atomic E-state index is 0.173. The first-order chi connectivity index (χ1) is 14.2. The Hall–Kier alpha value is -4.01. The highest BCUT2D eigenvalue weighted by molar-refractivity contribution is 6.03. The van der Waals surface area contributed by atoms with Crippen molar-refractivity contribution in [3.8, 4) is 23.0 Å². The van der Waals surface area contributed by atoms with Gasteiger partial charge in [0.25, 0.3) is 5.91 Å². The highest BCUT2D eigenvalue weighted by atomic mass is 16.7. The number of benzene rings is 2. The highest BCUT2D eigenvalue weighted by Crippen LogP contribution is 2.34. The third-order valence-corrected chi connectivity index (χ3v) is 4.18. The van der Waals surface area contributed by atoms with E-state index in [0.29, 0.717) is 34.5 Å². The number of amides is 1. The summed E-state index contributed by atoms with van der Waals surface area (Å²) >= 11 is 0. The molecule has 0 bridgehead atoms. The van der Waals surface area contributed by atoms with Crippen LogP contribution in [0.2, 0.25) is 0 Å². The van der Waals surface area contributed by atoms with Crippen molar-refractivity contribution in [2.75, 3.05) is 31.6 Å². The van der Waals surface area contributed by atoms with E-state index in [4.69, 9.17) is 18.9 Å². The Labute approximate surface area is 166 Å². The lowest BCUT2D eigenvalue weighted by Gasteiger charge is -2.11. The first-order valence-electron chi connectivity index (χ1n) is 8.70. The lowest BCUT2D eigenvalue weighted by molar-refractivity contribution is 0.102. The second kappa shape index (κ2) is 7.93. The number of methoxy groups -OCH3 is 2. The summed E-state index contributed by atoms with van der Waals surface area (Å²) in [6.45, 7) is 0.173. The number of fused-ring (bicyclic) bond motifs is 1. The number of hydrogen-bond donors (Lipinski definition) is 2. The van der Waals surface area contributed by atoms with Gasteiger partial charge in [0.1, 0.15) is 0 Å². The van der Waals surface area contributed by atoms with E-state index in [0.717, 1.165) is 5.69 Å². The highest BCUT2D eigenvalue weighted by Gasteiger charge is 2.15. The lowest BCUT2D eigenvalue weighted by Crippen LogP contribution is -2.14. The van der Waals surface area contributed by atoms with E-state index in [2.05, 4.69) is 20.8 Å². The van der Waals surface area contributed by atoms with Crippen LogP contribution < -0.4 is 29.6 Å². The maximum absolute atomic E-state index is 12.4. The second-order valence-corrected chi connectivity index (χ2v) is 6.02. The van der Waals surface area contributed by atoms with Gasteiger partial charge in [-0.15, -0.1) is 10.2 Å². The zero-order valence-electron chi connectivity index (χ0n) is 15.8. The molecule has 0 atom stereocenters. The van der Waals surface area contributed by atoms with Crippen LogP contribution in [0, 0.1) is 0 Å². The lowest BCUT2D eigenvalue weighted by atomic mass is 10.2. The van der Waals surface area contributed by atoms with Gasteiger partial charge in [0, 0.05) is 23.5 Å². The summed E-state index contributed by atoms with van der Waals surface area (Å²) in [6.07, 6.45) is 0. The van der Waals surface area contributed by atoms with Gasteiger partial charge in [-0.2, -0.15) is 0 Å². The van der Waals surface area contributed by atoms with E-state index in [-0.39, 0.29) is 18.4 Å². The Morgan fingerprint density at radius 2 is 1.69 bits per heavy atom. The van der Waals surface area contributed by atoms with E-state index in [9.17, 15) is 4.79 Å². The smallest absolute Gasteiger partial charge is 0.276 e. The monoisotopic (exact) mass is 394 g/mol. The molecule has 29 heavy (non-hydrogen) atoms. The largest absolute Gasteiger partial charge is 0.493 e. The van der Waals surface area contributed by atoms with Crippen LogP contribution in [0.1, 0.15) is 10.5 Å². The van der Waals surface area contributed by atoms with Gasteiger partial charge in [0.2, 0.25) is 6.79 Å². The molecule has 9 nitrogen and oxygen atoms in total. The fourth-order valence-electron chi connectivity index (χ4n) is 2.75. The van der Waals surface area contributed by atoms with Crippen molar-refractivity contribution < 1.29 is 23.7 Å². The van der Waals surface area contributed by atoms with Crippen molar-refractivity contribution in [2.24, 2.45) is 0 Å². The summed E-state index contributed by atoms with van der Waals surface area (Å²) in [5.41, 5.74) is 1.50. The quantitative estimate of drug-likeness (QED) is 0.657. The Balaban J connectivity index is 1.43. The molecule has 3 aromatic rings. The Morgan fingerprint density at radius 3 is 2.45 bits per heavy atom. The van der Waals surface area contributed by atoms with E-state index < -0.39 is 0 Å². The van der Waals surface area contributed by atoms with Crippen molar-refractivity contribution in [3.63, 3.8) is 0 Å². The zero-order chi connectivity index (χ0) is 20.2. The van der Waals surface area contributed by atoms with Crippen LogP contribution in [0.3, 0.4) is 0 Å². The average molecular weight is 394 g/mol. The molecule has 1 aliphatic heterocycles. The maximum atomic E-state index is 12.4. The summed E-state index contributed by atoms with van der Waals surface area (Å²) in [5, 5.41) is 13.9. The molecule has 0 radical (unpaired) electrons. The molecule has 0 aliphatic carbocycles. The molecule has 4 rings (SSSR count). The minimum Gasteiger partial charge on any atom is -0.493 e. The van der Waals surface area contributed by atoms with Crippen molar-refractivity contribution in [3.05, 3.63) is 54.2 Å². The first-order valence-corrected chi connectivity index (χ1v) is 8.70. The summed E-state index contributed by atoms with van der Waals surface area (Å²) in [6, 6.07) is 13.8. The van der Waals surface area contributed by atoms with Crippen LogP contribution in [0.15, 0.2) is 48.5 Å². The molecule has 0 fully saturated rings. The van der Waals surface area contributed by atoms with Crippen molar-refractivity contribution >= 4 is 23.1 Å². The molecule has 1 aliphatic rings. The number of anilines is 3. The van der Waals surface area contributed by atoms with Crippen LogP contribution in [0.25, 0.3) is 0 Å². The van der Waals surface area contributed by atoms with Crippen LogP contribution in [-0.2, 0) is 0 Å². The van der Waals surface area contributed by atoms with Gasteiger partial charge < -0.3 is 29.6 Å². The number of hydrogen-bond acceptors (Lipinski definition) is 8. The molecule has 0 saturated heterocycles. The molecule has 0 saturated carbocycles. The number of aromatic nitrogens is 2. The summed E-state index contributed by atoms with van der Waals surface area (Å²) in [4.78, 5) is 12.4. The molecule has 2 N–H and O–H groups in total. The molecule has 0 spiro atoms. The number of nitrogens with one attached hydrogen (secondary N) is 2. The van der Waals surface area contributed by atoms with E-state index >= 15 is 0 Å². The number of nitrogens with zero attached hydrogens (tertiary/aromatic N) is 2. The van der Waals surface area contributed by atoms with Gasteiger partial charge in [-0.25, -0.2) is 0 Å². The van der Waals surface area contributed by atoms with E-state index in [1.165, 1.54) is 0 Å². The SMILES string of the molecule is COc1ccc(Nc2ccc(C(=O)Nc3ccc4c(c3)OCO4)nn2)cc1OC. The third kappa shape index (κ3) is 3.98. The molecule has 1 amide bonds. The van der Waals surface area contributed by atoms with Gasteiger partial charge in [-0.1, -0.05) is 0 Å². The maximum Gasteiger partial charge on any atom is 0.276 e. The fraction of sp³-hybridized carbons (Fsp3) is 0.150. The predicted octanol–water partition coefficient (Wildman–Crippen LogP) is 3.22. The summed E-state index contributed by atoms with van der Waals surface area (Å²) < 4.78 is 21.1.